The summed E-state index contributed by atoms with van der Waals surface area (Å²) in [6.07, 6.45) is 3.48. The highest BCUT2D eigenvalue weighted by molar-refractivity contribution is 5.92. The molecule has 0 aromatic rings. The predicted octanol–water partition coefficient (Wildman–Crippen LogP) is 2.57. The minimum Gasteiger partial charge on any atom is -0.458 e. The largest absolute Gasteiger partial charge is 0.458 e. The number of esters is 2. The first kappa shape index (κ1) is 18.9. The van der Waals surface area contributed by atoms with Crippen LogP contribution in [0.15, 0.2) is 35.5 Å². The maximum atomic E-state index is 12.4. The van der Waals surface area contributed by atoms with E-state index in [1.807, 2.05) is 6.92 Å². The van der Waals surface area contributed by atoms with Gasteiger partial charge >= 0.3 is 11.9 Å². The van der Waals surface area contributed by atoms with E-state index in [0.717, 1.165) is 0 Å². The van der Waals surface area contributed by atoms with Crippen molar-refractivity contribution in [1.29, 1.82) is 0 Å². The van der Waals surface area contributed by atoms with Crippen molar-refractivity contribution in [3.05, 3.63) is 35.5 Å². The zero-order chi connectivity index (χ0) is 19.3. The van der Waals surface area contributed by atoms with Crippen molar-refractivity contribution in [2.24, 2.45) is 5.92 Å². The van der Waals surface area contributed by atoms with Crippen molar-refractivity contribution >= 4 is 11.9 Å². The van der Waals surface area contributed by atoms with Gasteiger partial charge < -0.3 is 19.3 Å². The van der Waals surface area contributed by atoms with E-state index in [4.69, 9.17) is 14.2 Å². The molecule has 0 aromatic heterocycles. The predicted molar refractivity (Wildman–Crippen MR) is 93.9 cm³/mol. The topological polar surface area (TPSA) is 82.1 Å². The molecular formula is C20H26O6. The number of hydrogen-bond donors (Lipinski definition) is 1. The van der Waals surface area contributed by atoms with Crippen LogP contribution in [0.4, 0.5) is 0 Å². The molecule has 0 saturated carbocycles. The van der Waals surface area contributed by atoms with Crippen molar-refractivity contribution in [3.63, 3.8) is 0 Å². The molecule has 0 unspecified atom stereocenters. The summed E-state index contributed by atoms with van der Waals surface area (Å²) >= 11 is 0. The molecule has 6 nitrogen and oxygen atoms in total. The fraction of sp³-hybridized carbons (Fsp3) is 0.600. The zero-order valence-electron chi connectivity index (χ0n) is 15.7. The monoisotopic (exact) mass is 362 g/mol. The highest BCUT2D eigenvalue weighted by Crippen LogP contribution is 2.47. The summed E-state index contributed by atoms with van der Waals surface area (Å²) in [5.41, 5.74) is 0.677. The molecule has 3 rings (SSSR count). The van der Waals surface area contributed by atoms with Crippen molar-refractivity contribution in [1.82, 2.24) is 0 Å². The Bertz CT molecular complexity index is 720. The van der Waals surface area contributed by atoms with Gasteiger partial charge in [-0.25, -0.2) is 9.59 Å². The third-order valence-electron chi connectivity index (χ3n) is 5.75. The fourth-order valence-electron chi connectivity index (χ4n) is 3.94. The van der Waals surface area contributed by atoms with Crippen LogP contribution in [-0.2, 0) is 23.8 Å². The van der Waals surface area contributed by atoms with Crippen LogP contribution in [0.5, 0.6) is 0 Å². The fourth-order valence-corrected chi connectivity index (χ4v) is 3.94. The summed E-state index contributed by atoms with van der Waals surface area (Å²) in [5.74, 6) is -2.85. The first-order valence-electron chi connectivity index (χ1n) is 8.94. The number of allylic oxidation sites excluding steroid dienone is 1. The van der Waals surface area contributed by atoms with E-state index in [1.165, 1.54) is 0 Å². The molecule has 2 fully saturated rings. The zero-order valence-corrected chi connectivity index (χ0v) is 15.7. The summed E-state index contributed by atoms with van der Waals surface area (Å²) in [4.78, 5) is 24.5. The minimum atomic E-state index is -1.40. The molecule has 3 aliphatic rings. The maximum Gasteiger partial charge on any atom is 0.334 e. The van der Waals surface area contributed by atoms with E-state index >= 15 is 0 Å². The maximum absolute atomic E-state index is 12.4. The number of fused-ring (bicyclic) bond motifs is 3. The Morgan fingerprint density at radius 2 is 2.15 bits per heavy atom. The lowest BCUT2D eigenvalue weighted by atomic mass is 9.82. The first-order chi connectivity index (χ1) is 12.1. The Kier molecular flexibility index (Phi) is 4.61. The normalized spacial score (nSPS) is 42.1. The van der Waals surface area contributed by atoms with Crippen LogP contribution in [0.3, 0.4) is 0 Å². The molecule has 5 atom stereocenters. The summed E-state index contributed by atoms with van der Waals surface area (Å²) in [7, 11) is 0. The van der Waals surface area contributed by atoms with Gasteiger partial charge in [-0.2, -0.15) is 0 Å². The van der Waals surface area contributed by atoms with Gasteiger partial charge in [-0.1, -0.05) is 12.7 Å². The van der Waals surface area contributed by atoms with E-state index in [9.17, 15) is 14.7 Å². The number of hydrogen-bond acceptors (Lipinski definition) is 6. The first-order valence-corrected chi connectivity index (χ1v) is 8.94. The second-order valence-electron chi connectivity index (χ2n) is 7.73. The van der Waals surface area contributed by atoms with Gasteiger partial charge in [0.15, 0.2) is 5.79 Å². The summed E-state index contributed by atoms with van der Waals surface area (Å²) in [5, 5.41) is 10.9. The summed E-state index contributed by atoms with van der Waals surface area (Å²) in [6.45, 7) is 10.9. The molecule has 2 bridgehead atoms. The lowest BCUT2D eigenvalue weighted by molar-refractivity contribution is -0.202. The minimum absolute atomic E-state index is 0.281. The Morgan fingerprint density at radius 1 is 1.46 bits per heavy atom. The molecular weight excluding hydrogens is 336 g/mol. The van der Waals surface area contributed by atoms with Crippen LogP contribution in [0.25, 0.3) is 0 Å². The molecule has 0 spiro atoms. The molecule has 0 aliphatic carbocycles. The SMILES string of the molecule is C=C1C(=O)O[C@@H]2/C=C(/C)[C@@]3(O)CC[C@@](C)(C[C@@H](OC(=O)/C(C)=C\C)[C@@H]12)O3. The van der Waals surface area contributed by atoms with Gasteiger partial charge in [0.2, 0.25) is 0 Å². The van der Waals surface area contributed by atoms with Crippen molar-refractivity contribution < 1.29 is 28.9 Å². The number of ether oxygens (including phenoxy) is 3. The van der Waals surface area contributed by atoms with Crippen molar-refractivity contribution in [3.8, 4) is 0 Å². The van der Waals surface area contributed by atoms with Gasteiger partial charge in [0, 0.05) is 24.0 Å². The molecule has 3 aliphatic heterocycles. The van der Waals surface area contributed by atoms with Gasteiger partial charge in [0.25, 0.3) is 0 Å². The van der Waals surface area contributed by atoms with Crippen LogP contribution in [0.2, 0.25) is 0 Å². The Morgan fingerprint density at radius 3 is 2.81 bits per heavy atom. The van der Waals surface area contributed by atoms with E-state index in [-0.39, 0.29) is 5.57 Å². The van der Waals surface area contributed by atoms with Gasteiger partial charge in [-0.15, -0.1) is 0 Å². The molecule has 142 valence electrons. The molecule has 26 heavy (non-hydrogen) atoms. The smallest absolute Gasteiger partial charge is 0.334 e. The number of aliphatic hydroxyl groups is 1. The lowest BCUT2D eigenvalue weighted by Gasteiger charge is -2.33. The molecule has 0 radical (unpaired) electrons. The molecule has 0 amide bonds. The molecule has 0 aromatic carbocycles. The Hall–Kier alpha value is -1.92. The van der Waals surface area contributed by atoms with Gasteiger partial charge in [0.1, 0.15) is 12.2 Å². The van der Waals surface area contributed by atoms with Gasteiger partial charge in [-0.3, -0.25) is 0 Å². The van der Waals surface area contributed by atoms with E-state index < -0.39 is 41.5 Å². The third kappa shape index (κ3) is 3.12. The Balaban J connectivity index is 2.03. The average Bonchev–Trinajstić information content (AvgIpc) is 3.03. The van der Waals surface area contributed by atoms with Crippen molar-refractivity contribution in [2.75, 3.05) is 0 Å². The van der Waals surface area contributed by atoms with Crippen LogP contribution < -0.4 is 0 Å². The van der Waals surface area contributed by atoms with Crippen LogP contribution in [0.1, 0.15) is 47.0 Å². The molecule has 6 heteroatoms. The highest BCUT2D eigenvalue weighted by atomic mass is 16.6. The number of carbonyl (C=O) groups is 2. The van der Waals surface area contributed by atoms with Gasteiger partial charge in [0.05, 0.1) is 11.5 Å². The molecule has 3 heterocycles. The lowest BCUT2D eigenvalue weighted by Crippen LogP contribution is -2.40. The highest BCUT2D eigenvalue weighted by Gasteiger charge is 2.54. The van der Waals surface area contributed by atoms with Gasteiger partial charge in [-0.05, 0) is 45.8 Å². The van der Waals surface area contributed by atoms with E-state index in [0.29, 0.717) is 30.4 Å². The second kappa shape index (κ2) is 6.35. The summed E-state index contributed by atoms with van der Waals surface area (Å²) in [6, 6.07) is 0. The Labute approximate surface area is 153 Å². The number of carbonyl (C=O) groups excluding carboxylic acids is 2. The van der Waals surface area contributed by atoms with E-state index in [2.05, 4.69) is 6.58 Å². The van der Waals surface area contributed by atoms with Crippen molar-refractivity contribution in [2.45, 2.75) is 70.6 Å². The molecule has 2 saturated heterocycles. The quantitative estimate of drug-likeness (QED) is 0.462. The van der Waals surface area contributed by atoms with Crippen LogP contribution in [-0.4, -0.2) is 40.6 Å². The third-order valence-corrected chi connectivity index (χ3v) is 5.75. The second-order valence-corrected chi connectivity index (χ2v) is 7.73. The number of rotatable bonds is 2. The van der Waals surface area contributed by atoms with E-state index in [1.54, 1.807) is 32.9 Å². The standard InChI is InChI=1S/C20H26O6/c1-6-11(2)17(21)25-15-10-19(5)7-8-20(23,26-19)12(3)9-14-16(15)13(4)18(22)24-14/h6,9,14-16,23H,4,7-8,10H2,1-3,5H3/b11-6-,12-9-/t14-,15-,16+,19+,20-/m1/s1. The van der Waals surface area contributed by atoms with Crippen LogP contribution in [0, 0.1) is 5.92 Å². The molecule has 1 N–H and O–H groups in total. The van der Waals surface area contributed by atoms with Crippen LogP contribution >= 0.6 is 0 Å². The average molecular weight is 362 g/mol. The summed E-state index contributed by atoms with van der Waals surface area (Å²) < 4.78 is 17.2.